The standard InChI is InChI=1S/C19H28ClNO4/c1-3-11-25-19(9-5-4-6-10-19)18(22)21-15-7-8-17(16(20)14-15)24-13-12-23-2/h7-8,14H,3-6,9-13H2,1-2H3,(H,21,22). The zero-order valence-electron chi connectivity index (χ0n) is 15.1. The smallest absolute Gasteiger partial charge is 0.256 e. The van der Waals surface area contributed by atoms with E-state index in [1.165, 1.54) is 0 Å². The maximum absolute atomic E-state index is 12.9. The van der Waals surface area contributed by atoms with Crippen molar-refractivity contribution in [3.8, 4) is 5.75 Å². The van der Waals surface area contributed by atoms with Gasteiger partial charge in [0.15, 0.2) is 0 Å². The summed E-state index contributed by atoms with van der Waals surface area (Å²) in [7, 11) is 1.62. The van der Waals surface area contributed by atoms with Crippen molar-refractivity contribution in [1.82, 2.24) is 0 Å². The molecule has 1 aromatic carbocycles. The van der Waals surface area contributed by atoms with Crippen LogP contribution in [0.4, 0.5) is 5.69 Å². The van der Waals surface area contributed by atoms with E-state index < -0.39 is 5.60 Å². The Hall–Kier alpha value is -1.30. The molecule has 140 valence electrons. The highest BCUT2D eigenvalue weighted by molar-refractivity contribution is 6.32. The van der Waals surface area contributed by atoms with Crippen molar-refractivity contribution in [1.29, 1.82) is 0 Å². The molecule has 1 aliphatic rings. The Morgan fingerprint density at radius 3 is 2.60 bits per heavy atom. The minimum Gasteiger partial charge on any atom is -0.490 e. The normalized spacial score (nSPS) is 16.4. The molecule has 0 aliphatic heterocycles. The Morgan fingerprint density at radius 2 is 1.96 bits per heavy atom. The van der Waals surface area contributed by atoms with Crippen LogP contribution in [-0.2, 0) is 14.3 Å². The number of carbonyl (C=O) groups excluding carboxylic acids is 1. The third kappa shape index (κ3) is 5.59. The summed E-state index contributed by atoms with van der Waals surface area (Å²) in [5.74, 6) is 0.496. The summed E-state index contributed by atoms with van der Waals surface area (Å²) in [6.07, 6.45) is 5.63. The summed E-state index contributed by atoms with van der Waals surface area (Å²) in [5, 5.41) is 3.43. The van der Waals surface area contributed by atoms with E-state index in [0.29, 0.717) is 36.3 Å². The predicted octanol–water partition coefficient (Wildman–Crippen LogP) is 4.43. The van der Waals surface area contributed by atoms with Gasteiger partial charge in [-0.3, -0.25) is 4.79 Å². The van der Waals surface area contributed by atoms with Crippen LogP contribution in [0.15, 0.2) is 18.2 Å². The van der Waals surface area contributed by atoms with E-state index in [1.54, 1.807) is 25.3 Å². The highest BCUT2D eigenvalue weighted by atomic mass is 35.5. The van der Waals surface area contributed by atoms with Gasteiger partial charge in [-0.2, -0.15) is 0 Å². The van der Waals surface area contributed by atoms with Crippen molar-refractivity contribution < 1.29 is 19.0 Å². The number of amides is 1. The van der Waals surface area contributed by atoms with Crippen LogP contribution >= 0.6 is 11.6 Å². The van der Waals surface area contributed by atoms with Crippen LogP contribution in [-0.4, -0.2) is 38.4 Å². The molecule has 0 heterocycles. The minimum absolute atomic E-state index is 0.0789. The van der Waals surface area contributed by atoms with Crippen molar-refractivity contribution in [3.63, 3.8) is 0 Å². The van der Waals surface area contributed by atoms with Crippen molar-refractivity contribution in [3.05, 3.63) is 23.2 Å². The van der Waals surface area contributed by atoms with Crippen LogP contribution in [0.5, 0.6) is 5.75 Å². The van der Waals surface area contributed by atoms with Gasteiger partial charge in [-0.05, 0) is 37.5 Å². The molecule has 2 rings (SSSR count). The second kappa shape index (κ2) is 10.00. The minimum atomic E-state index is -0.714. The number of methoxy groups -OCH3 is 1. The average Bonchev–Trinajstić information content (AvgIpc) is 2.62. The van der Waals surface area contributed by atoms with Crippen molar-refractivity contribution in [2.75, 3.05) is 32.2 Å². The molecule has 5 nitrogen and oxygen atoms in total. The lowest BCUT2D eigenvalue weighted by Crippen LogP contribution is -2.47. The summed E-state index contributed by atoms with van der Waals surface area (Å²) in [6, 6.07) is 5.26. The molecule has 1 amide bonds. The van der Waals surface area contributed by atoms with Gasteiger partial charge in [0.2, 0.25) is 0 Å². The third-order valence-electron chi connectivity index (χ3n) is 4.39. The maximum Gasteiger partial charge on any atom is 0.256 e. The number of carbonyl (C=O) groups is 1. The van der Waals surface area contributed by atoms with E-state index in [9.17, 15) is 4.79 Å². The van der Waals surface area contributed by atoms with E-state index in [0.717, 1.165) is 38.5 Å². The van der Waals surface area contributed by atoms with E-state index in [1.807, 2.05) is 0 Å². The van der Waals surface area contributed by atoms with Crippen LogP contribution < -0.4 is 10.1 Å². The third-order valence-corrected chi connectivity index (χ3v) is 4.69. The van der Waals surface area contributed by atoms with Gasteiger partial charge in [0.1, 0.15) is 18.0 Å². The topological polar surface area (TPSA) is 56.8 Å². The SMILES string of the molecule is CCCOC1(C(=O)Nc2ccc(OCCOC)c(Cl)c2)CCCCC1. The number of anilines is 1. The van der Waals surface area contributed by atoms with E-state index >= 15 is 0 Å². The second-order valence-corrected chi connectivity index (χ2v) is 6.75. The van der Waals surface area contributed by atoms with Gasteiger partial charge < -0.3 is 19.5 Å². The Balaban J connectivity index is 2.03. The fourth-order valence-electron chi connectivity index (χ4n) is 3.03. The molecule has 0 spiro atoms. The number of benzene rings is 1. The predicted molar refractivity (Wildman–Crippen MR) is 99.5 cm³/mol. The quantitative estimate of drug-likeness (QED) is 0.654. The highest BCUT2D eigenvalue weighted by Gasteiger charge is 2.40. The van der Waals surface area contributed by atoms with Crippen molar-refractivity contribution in [2.24, 2.45) is 0 Å². The van der Waals surface area contributed by atoms with Gasteiger partial charge in [-0.15, -0.1) is 0 Å². The fourth-order valence-corrected chi connectivity index (χ4v) is 3.27. The summed E-state index contributed by atoms with van der Waals surface area (Å²) in [4.78, 5) is 12.9. The zero-order valence-corrected chi connectivity index (χ0v) is 15.9. The molecule has 6 heteroatoms. The number of hydrogen-bond donors (Lipinski definition) is 1. The van der Waals surface area contributed by atoms with Crippen molar-refractivity contribution >= 4 is 23.2 Å². The fraction of sp³-hybridized carbons (Fsp3) is 0.632. The van der Waals surface area contributed by atoms with Crippen LogP contribution in [0, 0.1) is 0 Å². The van der Waals surface area contributed by atoms with Gasteiger partial charge >= 0.3 is 0 Å². The average molecular weight is 370 g/mol. The molecule has 1 aliphatic carbocycles. The first-order valence-corrected chi connectivity index (χ1v) is 9.36. The number of rotatable bonds is 9. The Bertz CT molecular complexity index is 558. The van der Waals surface area contributed by atoms with Crippen molar-refractivity contribution in [2.45, 2.75) is 51.0 Å². The number of halogens is 1. The number of hydrogen-bond acceptors (Lipinski definition) is 4. The Labute approximate surface area is 155 Å². The molecule has 25 heavy (non-hydrogen) atoms. The summed E-state index contributed by atoms with van der Waals surface area (Å²) in [6.45, 7) is 3.57. The molecule has 0 saturated heterocycles. The molecule has 0 unspecified atom stereocenters. The monoisotopic (exact) mass is 369 g/mol. The van der Waals surface area contributed by atoms with Gasteiger partial charge in [0.25, 0.3) is 5.91 Å². The summed E-state index contributed by atoms with van der Waals surface area (Å²) in [5.41, 5.74) is -0.0619. The molecule has 1 N–H and O–H groups in total. The molecule has 1 saturated carbocycles. The van der Waals surface area contributed by atoms with Gasteiger partial charge in [0, 0.05) is 19.4 Å². The number of nitrogens with one attached hydrogen (secondary N) is 1. The van der Waals surface area contributed by atoms with Gasteiger partial charge in [0.05, 0.1) is 11.6 Å². The molecular weight excluding hydrogens is 342 g/mol. The first-order chi connectivity index (χ1) is 12.1. The lowest BCUT2D eigenvalue weighted by molar-refractivity contribution is -0.146. The van der Waals surface area contributed by atoms with Gasteiger partial charge in [-0.25, -0.2) is 0 Å². The van der Waals surface area contributed by atoms with Crippen LogP contribution in [0.3, 0.4) is 0 Å². The highest BCUT2D eigenvalue weighted by Crippen LogP contribution is 2.34. The number of ether oxygens (including phenoxy) is 3. The lowest BCUT2D eigenvalue weighted by Gasteiger charge is -2.35. The Morgan fingerprint density at radius 1 is 1.20 bits per heavy atom. The second-order valence-electron chi connectivity index (χ2n) is 6.34. The first-order valence-electron chi connectivity index (χ1n) is 8.98. The Kier molecular flexibility index (Phi) is 8.00. The largest absolute Gasteiger partial charge is 0.490 e. The van der Waals surface area contributed by atoms with E-state index in [4.69, 9.17) is 25.8 Å². The summed E-state index contributed by atoms with van der Waals surface area (Å²) >= 11 is 6.25. The maximum atomic E-state index is 12.9. The molecule has 0 bridgehead atoms. The van der Waals surface area contributed by atoms with E-state index in [2.05, 4.69) is 12.2 Å². The molecule has 1 fully saturated rings. The molecular formula is C19H28ClNO4. The van der Waals surface area contributed by atoms with Gasteiger partial charge in [-0.1, -0.05) is 37.8 Å². The summed E-state index contributed by atoms with van der Waals surface area (Å²) < 4.78 is 16.5. The first kappa shape index (κ1) is 20.0. The van der Waals surface area contributed by atoms with Crippen LogP contribution in [0.1, 0.15) is 45.4 Å². The molecule has 0 aromatic heterocycles. The molecule has 1 aromatic rings. The van der Waals surface area contributed by atoms with E-state index in [-0.39, 0.29) is 5.91 Å². The van der Waals surface area contributed by atoms with Crippen LogP contribution in [0.25, 0.3) is 0 Å². The lowest BCUT2D eigenvalue weighted by atomic mass is 9.83. The molecule has 0 atom stereocenters. The van der Waals surface area contributed by atoms with Crippen LogP contribution in [0.2, 0.25) is 5.02 Å². The molecule has 0 radical (unpaired) electrons. The zero-order chi connectivity index (χ0) is 18.1.